The van der Waals surface area contributed by atoms with Crippen LogP contribution in [0.5, 0.6) is 5.88 Å². The maximum Gasteiger partial charge on any atom is 0.233 e. The molecular formula is C8H13BrN4O. The zero-order valence-corrected chi connectivity index (χ0v) is 9.78. The molecule has 0 amide bonds. The number of anilines is 1. The summed E-state index contributed by atoms with van der Waals surface area (Å²) in [6.07, 6.45) is 1.38. The number of hydrogen-bond acceptors (Lipinski definition) is 5. The molecule has 5 nitrogen and oxygen atoms in total. The molecule has 78 valence electrons. The number of hydrogen-bond donors (Lipinski definition) is 1. The lowest BCUT2D eigenvalue weighted by Crippen LogP contribution is -2.19. The van der Waals surface area contributed by atoms with Crippen molar-refractivity contribution in [3.63, 3.8) is 0 Å². The molecule has 0 saturated heterocycles. The molecule has 0 aromatic carbocycles. The number of likely N-dealkylation sites (N-methyl/N-ethyl adjacent to an activating group) is 1. The summed E-state index contributed by atoms with van der Waals surface area (Å²) in [5, 5.41) is 0. The van der Waals surface area contributed by atoms with Crippen LogP contribution in [0.3, 0.4) is 0 Å². The van der Waals surface area contributed by atoms with Crippen LogP contribution in [0.25, 0.3) is 0 Å². The van der Waals surface area contributed by atoms with E-state index in [1.807, 2.05) is 19.0 Å². The number of nitrogens with two attached hydrogens (primary N) is 1. The smallest absolute Gasteiger partial charge is 0.233 e. The minimum atomic E-state index is 0.389. The predicted molar refractivity (Wildman–Crippen MR) is 58.2 cm³/mol. The molecule has 2 N–H and O–H groups in total. The van der Waals surface area contributed by atoms with Crippen molar-refractivity contribution < 1.29 is 4.74 Å². The van der Waals surface area contributed by atoms with Gasteiger partial charge in [-0.25, -0.2) is 9.97 Å². The Morgan fingerprint density at radius 1 is 1.50 bits per heavy atom. The van der Waals surface area contributed by atoms with Gasteiger partial charge in [0.25, 0.3) is 0 Å². The van der Waals surface area contributed by atoms with Gasteiger partial charge in [0.1, 0.15) is 23.2 Å². The SMILES string of the molecule is CN(C)CCOc1ncnc(N)c1Br. The Kier molecular flexibility index (Phi) is 4.09. The van der Waals surface area contributed by atoms with Gasteiger partial charge in [0.15, 0.2) is 0 Å². The Labute approximate surface area is 91.4 Å². The third-order valence-electron chi connectivity index (χ3n) is 1.56. The summed E-state index contributed by atoms with van der Waals surface area (Å²) in [5.41, 5.74) is 5.56. The molecule has 0 saturated carbocycles. The van der Waals surface area contributed by atoms with Crippen molar-refractivity contribution in [1.82, 2.24) is 14.9 Å². The van der Waals surface area contributed by atoms with E-state index in [0.29, 0.717) is 22.8 Å². The number of nitrogens with zero attached hydrogens (tertiary/aromatic N) is 3. The zero-order chi connectivity index (χ0) is 10.6. The van der Waals surface area contributed by atoms with Gasteiger partial charge in [-0.1, -0.05) is 0 Å². The lowest BCUT2D eigenvalue weighted by molar-refractivity contribution is 0.252. The molecule has 1 aromatic heterocycles. The average Bonchev–Trinajstić information content (AvgIpc) is 2.12. The summed E-state index contributed by atoms with van der Waals surface area (Å²) in [6.45, 7) is 1.40. The maximum absolute atomic E-state index is 5.56. The van der Waals surface area contributed by atoms with E-state index in [1.54, 1.807) is 0 Å². The van der Waals surface area contributed by atoms with Gasteiger partial charge in [0.05, 0.1) is 0 Å². The average molecular weight is 261 g/mol. The van der Waals surface area contributed by atoms with Crippen LogP contribution in [0, 0.1) is 0 Å². The normalized spacial score (nSPS) is 10.6. The van der Waals surface area contributed by atoms with Crippen LogP contribution in [0.1, 0.15) is 0 Å². The first-order chi connectivity index (χ1) is 6.61. The molecule has 1 aromatic rings. The second kappa shape index (κ2) is 5.11. The van der Waals surface area contributed by atoms with E-state index in [2.05, 4.69) is 25.9 Å². The van der Waals surface area contributed by atoms with Gasteiger partial charge in [-0.15, -0.1) is 0 Å². The molecule has 0 spiro atoms. The molecule has 0 bridgehead atoms. The van der Waals surface area contributed by atoms with Crippen LogP contribution in [-0.4, -0.2) is 42.1 Å². The van der Waals surface area contributed by atoms with Gasteiger partial charge in [0, 0.05) is 6.54 Å². The van der Waals surface area contributed by atoms with E-state index in [0.717, 1.165) is 6.54 Å². The molecule has 1 rings (SSSR count). The molecule has 1 heterocycles. The van der Waals surface area contributed by atoms with Crippen LogP contribution in [0.2, 0.25) is 0 Å². The number of rotatable bonds is 4. The minimum Gasteiger partial charge on any atom is -0.475 e. The molecule has 14 heavy (non-hydrogen) atoms. The van der Waals surface area contributed by atoms with Crippen molar-refractivity contribution in [3.05, 3.63) is 10.8 Å². The lowest BCUT2D eigenvalue weighted by Gasteiger charge is -2.11. The number of aromatic nitrogens is 2. The van der Waals surface area contributed by atoms with E-state index in [4.69, 9.17) is 10.5 Å². The Balaban J connectivity index is 2.54. The molecule has 0 aliphatic heterocycles. The van der Waals surface area contributed by atoms with Crippen molar-refractivity contribution in [2.75, 3.05) is 33.0 Å². The van der Waals surface area contributed by atoms with E-state index >= 15 is 0 Å². The number of halogens is 1. The van der Waals surface area contributed by atoms with Gasteiger partial charge in [-0.3, -0.25) is 0 Å². The highest BCUT2D eigenvalue weighted by Gasteiger charge is 2.06. The summed E-state index contributed by atoms with van der Waals surface area (Å²) in [5.74, 6) is 0.874. The number of ether oxygens (including phenoxy) is 1. The Bertz CT molecular complexity index is 305. The third kappa shape index (κ3) is 3.12. The molecule has 0 radical (unpaired) electrons. The number of nitrogen functional groups attached to an aromatic ring is 1. The largest absolute Gasteiger partial charge is 0.475 e. The van der Waals surface area contributed by atoms with Crippen molar-refractivity contribution >= 4 is 21.7 Å². The minimum absolute atomic E-state index is 0.389. The van der Waals surface area contributed by atoms with Crippen molar-refractivity contribution in [1.29, 1.82) is 0 Å². The van der Waals surface area contributed by atoms with Crippen molar-refractivity contribution in [2.45, 2.75) is 0 Å². The van der Waals surface area contributed by atoms with Crippen molar-refractivity contribution in [3.8, 4) is 5.88 Å². The second-order valence-electron chi connectivity index (χ2n) is 3.03. The molecular weight excluding hydrogens is 248 g/mol. The van der Waals surface area contributed by atoms with Gasteiger partial charge < -0.3 is 15.4 Å². The first-order valence-corrected chi connectivity index (χ1v) is 4.94. The molecule has 6 heteroatoms. The molecule has 0 aliphatic carbocycles. The molecule has 0 unspecified atom stereocenters. The third-order valence-corrected chi connectivity index (χ3v) is 2.31. The summed E-state index contributed by atoms with van der Waals surface area (Å²) < 4.78 is 6.02. The summed E-state index contributed by atoms with van der Waals surface area (Å²) in [6, 6.07) is 0. The summed E-state index contributed by atoms with van der Waals surface area (Å²) in [4.78, 5) is 9.80. The maximum atomic E-state index is 5.56. The van der Waals surface area contributed by atoms with E-state index in [1.165, 1.54) is 6.33 Å². The standard InChI is InChI=1S/C8H13BrN4O/c1-13(2)3-4-14-8-6(9)7(10)11-5-12-8/h5H,3-4H2,1-2H3,(H2,10,11,12). The van der Waals surface area contributed by atoms with E-state index in [9.17, 15) is 0 Å². The Morgan fingerprint density at radius 2 is 2.21 bits per heavy atom. The fourth-order valence-corrected chi connectivity index (χ4v) is 1.11. The Morgan fingerprint density at radius 3 is 2.86 bits per heavy atom. The van der Waals surface area contributed by atoms with Crippen molar-refractivity contribution in [2.24, 2.45) is 0 Å². The van der Waals surface area contributed by atoms with Gasteiger partial charge in [-0.05, 0) is 30.0 Å². The van der Waals surface area contributed by atoms with Crippen LogP contribution >= 0.6 is 15.9 Å². The molecule has 0 atom stereocenters. The molecule has 0 fully saturated rings. The van der Waals surface area contributed by atoms with Crippen LogP contribution in [0.4, 0.5) is 5.82 Å². The zero-order valence-electron chi connectivity index (χ0n) is 8.20. The first kappa shape index (κ1) is 11.2. The lowest BCUT2D eigenvalue weighted by atomic mass is 10.5. The highest BCUT2D eigenvalue weighted by Crippen LogP contribution is 2.25. The van der Waals surface area contributed by atoms with Crippen LogP contribution in [-0.2, 0) is 0 Å². The van der Waals surface area contributed by atoms with E-state index < -0.39 is 0 Å². The fourth-order valence-electron chi connectivity index (χ4n) is 0.792. The quantitative estimate of drug-likeness (QED) is 0.866. The predicted octanol–water partition coefficient (Wildman–Crippen LogP) is 0.762. The van der Waals surface area contributed by atoms with Gasteiger partial charge >= 0.3 is 0 Å². The van der Waals surface area contributed by atoms with Crippen LogP contribution in [0.15, 0.2) is 10.8 Å². The highest BCUT2D eigenvalue weighted by atomic mass is 79.9. The van der Waals surface area contributed by atoms with Crippen LogP contribution < -0.4 is 10.5 Å². The monoisotopic (exact) mass is 260 g/mol. The van der Waals surface area contributed by atoms with E-state index in [-0.39, 0.29) is 0 Å². The van der Waals surface area contributed by atoms with Gasteiger partial charge in [-0.2, -0.15) is 0 Å². The second-order valence-corrected chi connectivity index (χ2v) is 3.82. The topological polar surface area (TPSA) is 64.3 Å². The summed E-state index contributed by atoms with van der Waals surface area (Å²) >= 11 is 3.26. The highest BCUT2D eigenvalue weighted by molar-refractivity contribution is 9.10. The summed E-state index contributed by atoms with van der Waals surface area (Å²) in [7, 11) is 3.96. The fraction of sp³-hybridized carbons (Fsp3) is 0.500. The Hall–Kier alpha value is -0.880. The molecule has 0 aliphatic rings. The van der Waals surface area contributed by atoms with Gasteiger partial charge in [0.2, 0.25) is 5.88 Å². The first-order valence-electron chi connectivity index (χ1n) is 4.14.